The topological polar surface area (TPSA) is 88.3 Å². The average molecular weight is 444 g/mol. The first kappa shape index (κ1) is 20.8. The van der Waals surface area contributed by atoms with Crippen LogP contribution in [0.2, 0.25) is 0 Å². The van der Waals surface area contributed by atoms with Crippen molar-refractivity contribution in [2.45, 2.75) is 19.4 Å². The van der Waals surface area contributed by atoms with Gasteiger partial charge >= 0.3 is 0 Å². The van der Waals surface area contributed by atoms with E-state index in [4.69, 9.17) is 4.52 Å². The van der Waals surface area contributed by atoms with Gasteiger partial charge in [-0.1, -0.05) is 29.4 Å². The van der Waals surface area contributed by atoms with Gasteiger partial charge in [0.25, 0.3) is 11.8 Å². The van der Waals surface area contributed by atoms with Gasteiger partial charge in [-0.25, -0.2) is 4.39 Å². The van der Waals surface area contributed by atoms with Gasteiger partial charge in [0.1, 0.15) is 17.6 Å². The lowest BCUT2D eigenvalue weighted by Crippen LogP contribution is -2.42. The van der Waals surface area contributed by atoms with Crippen molar-refractivity contribution in [3.63, 3.8) is 0 Å². The first-order valence-corrected chi connectivity index (χ1v) is 10.6. The number of fused-ring (bicyclic) bond motifs is 2. The molecule has 33 heavy (non-hydrogen) atoms. The van der Waals surface area contributed by atoms with Gasteiger partial charge in [-0.05, 0) is 36.2 Å². The van der Waals surface area contributed by atoms with Crippen LogP contribution in [0.25, 0.3) is 10.8 Å². The highest BCUT2D eigenvalue weighted by Gasteiger charge is 2.30. The second kappa shape index (κ2) is 8.46. The Morgan fingerprint density at radius 1 is 1.18 bits per heavy atom. The van der Waals surface area contributed by atoms with Gasteiger partial charge in [0.2, 0.25) is 0 Å². The van der Waals surface area contributed by atoms with Gasteiger partial charge in [0.15, 0.2) is 0 Å². The lowest BCUT2D eigenvalue weighted by molar-refractivity contribution is 0.0715. The number of hydrogen-bond donors (Lipinski definition) is 1. The molecule has 8 heteroatoms. The minimum absolute atomic E-state index is 0.109. The Labute approximate surface area is 189 Å². The minimum atomic E-state index is -0.415. The molecule has 1 N–H and O–H groups in total. The summed E-state index contributed by atoms with van der Waals surface area (Å²) < 4.78 is 18.7. The standard InChI is InChI=1S/C25H21FN4O3/c1-15-23(14-33-29-15)25(32)30-12-17-4-2-3-5-20(17)18(13-30)10-28-24(31)22-11-27-9-16-6-7-19(26)8-21(16)22/h2-9,11,14,18H,10,12-13H2,1H3,(H,28,31). The summed E-state index contributed by atoms with van der Waals surface area (Å²) in [5.41, 5.74) is 3.40. The number of pyridine rings is 1. The van der Waals surface area contributed by atoms with Crippen LogP contribution in [0.3, 0.4) is 0 Å². The predicted octanol–water partition coefficient (Wildman–Crippen LogP) is 3.84. The summed E-state index contributed by atoms with van der Waals surface area (Å²) in [6, 6.07) is 12.2. The van der Waals surface area contributed by atoms with Crippen LogP contribution in [0, 0.1) is 12.7 Å². The summed E-state index contributed by atoms with van der Waals surface area (Å²) in [5.74, 6) is -1.02. The Balaban J connectivity index is 1.38. The molecular weight excluding hydrogens is 423 g/mol. The summed E-state index contributed by atoms with van der Waals surface area (Å²) in [4.78, 5) is 31.9. The van der Waals surface area contributed by atoms with E-state index in [-0.39, 0.29) is 17.7 Å². The lowest BCUT2D eigenvalue weighted by atomic mass is 9.89. The summed E-state index contributed by atoms with van der Waals surface area (Å²) >= 11 is 0. The van der Waals surface area contributed by atoms with E-state index in [0.717, 1.165) is 11.1 Å². The maximum Gasteiger partial charge on any atom is 0.259 e. The van der Waals surface area contributed by atoms with Gasteiger partial charge in [-0.15, -0.1) is 0 Å². The third kappa shape index (κ3) is 3.95. The van der Waals surface area contributed by atoms with Gasteiger partial charge in [0.05, 0.1) is 11.3 Å². The zero-order valence-electron chi connectivity index (χ0n) is 17.9. The van der Waals surface area contributed by atoms with Crippen LogP contribution in [-0.4, -0.2) is 39.9 Å². The molecule has 2 amide bonds. The zero-order valence-corrected chi connectivity index (χ0v) is 17.9. The molecule has 0 bridgehead atoms. The number of nitrogens with zero attached hydrogens (tertiary/aromatic N) is 3. The highest BCUT2D eigenvalue weighted by atomic mass is 19.1. The average Bonchev–Trinajstić information content (AvgIpc) is 3.27. The minimum Gasteiger partial charge on any atom is -0.364 e. The molecule has 4 aromatic rings. The van der Waals surface area contributed by atoms with Crippen molar-refractivity contribution in [3.8, 4) is 0 Å². The van der Waals surface area contributed by atoms with Crippen LogP contribution in [-0.2, 0) is 6.54 Å². The fourth-order valence-corrected chi connectivity index (χ4v) is 4.34. The van der Waals surface area contributed by atoms with Gasteiger partial charge < -0.3 is 14.7 Å². The molecule has 0 saturated carbocycles. The van der Waals surface area contributed by atoms with Gasteiger partial charge in [-0.2, -0.15) is 0 Å². The molecule has 1 atom stereocenters. The Bertz CT molecular complexity index is 1370. The van der Waals surface area contributed by atoms with Crippen molar-refractivity contribution < 1.29 is 18.5 Å². The number of aryl methyl sites for hydroxylation is 1. The van der Waals surface area contributed by atoms with Crippen LogP contribution in [0.5, 0.6) is 0 Å². The maximum atomic E-state index is 13.8. The van der Waals surface area contributed by atoms with E-state index in [1.807, 2.05) is 24.3 Å². The van der Waals surface area contributed by atoms with Gasteiger partial charge in [0, 0.05) is 48.7 Å². The molecule has 1 aliphatic heterocycles. The second-order valence-electron chi connectivity index (χ2n) is 8.16. The number of carbonyl (C=O) groups is 2. The quantitative estimate of drug-likeness (QED) is 0.517. The Morgan fingerprint density at radius 2 is 2.03 bits per heavy atom. The van der Waals surface area contributed by atoms with E-state index in [2.05, 4.69) is 15.5 Å². The Morgan fingerprint density at radius 3 is 2.85 bits per heavy atom. The number of carbonyl (C=O) groups excluding carboxylic acids is 2. The molecule has 2 aromatic carbocycles. The van der Waals surface area contributed by atoms with Crippen molar-refractivity contribution in [2.75, 3.05) is 13.1 Å². The highest BCUT2D eigenvalue weighted by Crippen LogP contribution is 2.29. The number of rotatable bonds is 4. The molecule has 166 valence electrons. The third-order valence-electron chi connectivity index (χ3n) is 6.04. The molecule has 0 spiro atoms. The molecule has 1 unspecified atom stereocenters. The van der Waals surface area contributed by atoms with E-state index >= 15 is 0 Å². The maximum absolute atomic E-state index is 13.8. The molecule has 7 nitrogen and oxygen atoms in total. The van der Waals surface area contributed by atoms with E-state index in [1.54, 1.807) is 24.1 Å². The Kier molecular flexibility index (Phi) is 5.34. The normalized spacial score (nSPS) is 15.3. The third-order valence-corrected chi connectivity index (χ3v) is 6.04. The van der Waals surface area contributed by atoms with E-state index in [9.17, 15) is 14.0 Å². The van der Waals surface area contributed by atoms with E-state index in [0.29, 0.717) is 47.2 Å². The van der Waals surface area contributed by atoms with Crippen molar-refractivity contribution in [1.29, 1.82) is 0 Å². The Hall–Kier alpha value is -4.07. The molecule has 1 aliphatic rings. The van der Waals surface area contributed by atoms with Crippen molar-refractivity contribution in [3.05, 3.63) is 94.9 Å². The number of aromatic nitrogens is 2. The smallest absolute Gasteiger partial charge is 0.259 e. The van der Waals surface area contributed by atoms with Crippen LogP contribution >= 0.6 is 0 Å². The van der Waals surface area contributed by atoms with Crippen LogP contribution < -0.4 is 5.32 Å². The number of benzene rings is 2. The summed E-state index contributed by atoms with van der Waals surface area (Å²) in [6.45, 7) is 2.95. The molecule has 0 radical (unpaired) electrons. The van der Waals surface area contributed by atoms with Crippen molar-refractivity contribution in [1.82, 2.24) is 20.4 Å². The van der Waals surface area contributed by atoms with Gasteiger partial charge in [-0.3, -0.25) is 14.6 Å². The highest BCUT2D eigenvalue weighted by molar-refractivity contribution is 6.06. The van der Waals surface area contributed by atoms with Crippen LogP contribution in [0.15, 0.2) is 65.6 Å². The van der Waals surface area contributed by atoms with E-state index < -0.39 is 5.82 Å². The monoisotopic (exact) mass is 444 g/mol. The molecule has 2 aromatic heterocycles. The summed E-state index contributed by atoms with van der Waals surface area (Å²) in [5, 5.41) is 7.96. The number of nitrogens with one attached hydrogen (secondary N) is 1. The number of halogens is 1. The molecule has 0 saturated heterocycles. The van der Waals surface area contributed by atoms with Crippen molar-refractivity contribution in [2.24, 2.45) is 0 Å². The molecule has 0 aliphatic carbocycles. The van der Waals surface area contributed by atoms with Crippen LogP contribution in [0.1, 0.15) is 43.5 Å². The summed E-state index contributed by atoms with van der Waals surface area (Å²) in [7, 11) is 0. The zero-order chi connectivity index (χ0) is 22.9. The second-order valence-corrected chi connectivity index (χ2v) is 8.16. The SMILES string of the molecule is Cc1nocc1C(=O)N1Cc2ccccc2C(CNC(=O)c2cncc3ccc(F)cc23)C1. The van der Waals surface area contributed by atoms with Crippen molar-refractivity contribution >= 4 is 22.6 Å². The fourth-order valence-electron chi connectivity index (χ4n) is 4.34. The molecular formula is C25H21FN4O3. The molecule has 0 fully saturated rings. The molecule has 3 heterocycles. The predicted molar refractivity (Wildman–Crippen MR) is 119 cm³/mol. The van der Waals surface area contributed by atoms with E-state index in [1.165, 1.54) is 24.6 Å². The summed E-state index contributed by atoms with van der Waals surface area (Å²) in [6.07, 6.45) is 4.40. The first-order valence-electron chi connectivity index (χ1n) is 10.6. The lowest BCUT2D eigenvalue weighted by Gasteiger charge is -2.34. The first-order chi connectivity index (χ1) is 16.0. The fraction of sp³-hybridized carbons (Fsp3) is 0.200. The molecule has 5 rings (SSSR count). The largest absolute Gasteiger partial charge is 0.364 e. The number of amides is 2. The van der Waals surface area contributed by atoms with Crippen LogP contribution in [0.4, 0.5) is 4.39 Å². The number of hydrogen-bond acceptors (Lipinski definition) is 5.